The molecule has 0 aliphatic heterocycles. The van der Waals surface area contributed by atoms with Gasteiger partial charge in [-0.2, -0.15) is 0 Å². The predicted molar refractivity (Wildman–Crippen MR) is 253 cm³/mol. The summed E-state index contributed by atoms with van der Waals surface area (Å²) in [6.45, 7) is 8.75. The van der Waals surface area contributed by atoms with Crippen LogP contribution < -0.4 is 9.80 Å². The first-order valence-corrected chi connectivity index (χ1v) is 21.2. The van der Waals surface area contributed by atoms with Crippen molar-refractivity contribution >= 4 is 99.5 Å². The van der Waals surface area contributed by atoms with Gasteiger partial charge in [-0.1, -0.05) is 64.1 Å². The van der Waals surface area contributed by atoms with Crippen molar-refractivity contribution in [2.75, 3.05) is 9.80 Å². The van der Waals surface area contributed by atoms with E-state index in [1.165, 1.54) is 35.4 Å². The van der Waals surface area contributed by atoms with E-state index in [1.54, 1.807) is 0 Å². The quantitative estimate of drug-likeness (QED) is 0.153. The Hall–Kier alpha value is -7.44. The van der Waals surface area contributed by atoms with Crippen LogP contribution in [0.2, 0.25) is 0 Å². The van der Waals surface area contributed by atoms with E-state index in [9.17, 15) is 8.78 Å². The van der Waals surface area contributed by atoms with Crippen molar-refractivity contribution in [3.8, 4) is 0 Å². The molecule has 11 aromatic rings. The first-order valence-electron chi connectivity index (χ1n) is 21.2. The Balaban J connectivity index is 1.02. The number of hydrogen-bond acceptors (Lipinski definition) is 4. The number of fused-ring (bicyclic) bond motifs is 9. The first kappa shape index (κ1) is 37.6. The normalized spacial score (nSPS) is 12.0. The molecule has 0 bridgehead atoms. The summed E-state index contributed by atoms with van der Waals surface area (Å²) in [4.78, 5) is 4.31. The van der Waals surface area contributed by atoms with Gasteiger partial charge < -0.3 is 18.6 Å². The van der Waals surface area contributed by atoms with Gasteiger partial charge in [-0.25, -0.2) is 8.78 Å². The summed E-state index contributed by atoms with van der Waals surface area (Å²) in [5, 5.41) is 8.27. The number of hydrogen-bond donors (Lipinski definition) is 0. The molecule has 0 saturated heterocycles. The maximum Gasteiger partial charge on any atom is 0.136 e. The van der Waals surface area contributed by atoms with Gasteiger partial charge in [-0.05, 0) is 178 Å². The molecular weight excluding hydrogens is 771 g/mol. The van der Waals surface area contributed by atoms with Crippen molar-refractivity contribution in [2.45, 2.75) is 39.5 Å². The molecule has 6 heteroatoms. The fourth-order valence-corrected chi connectivity index (χ4v) is 8.96. The van der Waals surface area contributed by atoms with Crippen LogP contribution in [0.4, 0.5) is 42.9 Å². The van der Waals surface area contributed by atoms with Gasteiger partial charge in [-0.3, -0.25) is 0 Å². The highest BCUT2D eigenvalue weighted by atomic mass is 19.1. The Bertz CT molecular complexity index is 3240. The van der Waals surface area contributed by atoms with Crippen LogP contribution in [0, 0.1) is 11.6 Å². The molecular formula is C56H42F2N2O2. The molecule has 4 nitrogen and oxygen atoms in total. The topological polar surface area (TPSA) is 32.8 Å². The summed E-state index contributed by atoms with van der Waals surface area (Å²) in [6, 6.07) is 56.0. The third-order valence-corrected chi connectivity index (χ3v) is 12.3. The van der Waals surface area contributed by atoms with Crippen LogP contribution in [0.25, 0.3) is 65.4 Å². The number of nitrogens with zero attached hydrogens (tertiary/aromatic N) is 2. The summed E-state index contributed by atoms with van der Waals surface area (Å²) >= 11 is 0. The summed E-state index contributed by atoms with van der Waals surface area (Å²) in [5.74, 6) is 0.277. The van der Waals surface area contributed by atoms with Crippen LogP contribution >= 0.6 is 0 Å². The van der Waals surface area contributed by atoms with Crippen LogP contribution in [-0.2, 0) is 0 Å². The van der Waals surface area contributed by atoms with E-state index in [1.807, 2.05) is 36.4 Å². The average molecular weight is 813 g/mol. The van der Waals surface area contributed by atoms with Crippen LogP contribution in [0.15, 0.2) is 179 Å². The van der Waals surface area contributed by atoms with E-state index < -0.39 is 0 Å². The minimum atomic E-state index is -0.273. The van der Waals surface area contributed by atoms with E-state index in [0.29, 0.717) is 11.8 Å². The molecule has 0 N–H and O–H groups in total. The van der Waals surface area contributed by atoms with E-state index in [0.717, 1.165) is 99.5 Å². The maximum absolute atomic E-state index is 14.1. The van der Waals surface area contributed by atoms with Crippen LogP contribution in [0.5, 0.6) is 0 Å². The van der Waals surface area contributed by atoms with Crippen molar-refractivity contribution in [1.29, 1.82) is 0 Å². The molecule has 302 valence electrons. The van der Waals surface area contributed by atoms with E-state index in [4.69, 9.17) is 8.83 Å². The van der Waals surface area contributed by atoms with E-state index in [-0.39, 0.29) is 11.6 Å². The zero-order chi connectivity index (χ0) is 42.2. The van der Waals surface area contributed by atoms with Crippen molar-refractivity contribution in [1.82, 2.24) is 0 Å². The number of rotatable bonds is 8. The van der Waals surface area contributed by atoms with Gasteiger partial charge in [0.05, 0.1) is 0 Å². The number of benzene rings is 9. The Labute approximate surface area is 357 Å². The third-order valence-electron chi connectivity index (χ3n) is 12.3. The summed E-state index contributed by atoms with van der Waals surface area (Å²) in [6.07, 6.45) is 0. The van der Waals surface area contributed by atoms with Crippen molar-refractivity contribution in [3.63, 3.8) is 0 Å². The highest BCUT2D eigenvalue weighted by Crippen LogP contribution is 2.44. The lowest BCUT2D eigenvalue weighted by Crippen LogP contribution is -2.10. The molecule has 0 fully saturated rings. The Morgan fingerprint density at radius 2 is 0.677 bits per heavy atom. The lowest BCUT2D eigenvalue weighted by Gasteiger charge is -2.26. The van der Waals surface area contributed by atoms with E-state index >= 15 is 0 Å². The van der Waals surface area contributed by atoms with Gasteiger partial charge in [0.2, 0.25) is 0 Å². The van der Waals surface area contributed by atoms with Crippen LogP contribution in [0.1, 0.15) is 50.7 Å². The molecule has 2 aromatic heterocycles. The Kier molecular flexibility index (Phi) is 8.86. The Morgan fingerprint density at radius 3 is 1.03 bits per heavy atom. The highest BCUT2D eigenvalue weighted by molar-refractivity contribution is 6.27. The third kappa shape index (κ3) is 6.42. The molecule has 0 saturated carbocycles. The van der Waals surface area contributed by atoms with Crippen molar-refractivity contribution < 1.29 is 17.6 Å². The number of anilines is 6. The van der Waals surface area contributed by atoms with Gasteiger partial charge in [0.15, 0.2) is 0 Å². The summed E-state index contributed by atoms with van der Waals surface area (Å²) < 4.78 is 41.5. The molecule has 0 spiro atoms. The lowest BCUT2D eigenvalue weighted by atomic mass is 10.00. The van der Waals surface area contributed by atoms with Crippen molar-refractivity contribution in [2.24, 2.45) is 0 Å². The smallest absolute Gasteiger partial charge is 0.136 e. The minimum absolute atomic E-state index is 0.273. The van der Waals surface area contributed by atoms with E-state index in [2.05, 4.69) is 147 Å². The van der Waals surface area contributed by atoms with Crippen molar-refractivity contribution in [3.05, 3.63) is 193 Å². The largest absolute Gasteiger partial charge is 0.456 e. The van der Waals surface area contributed by atoms with Gasteiger partial charge in [0.1, 0.15) is 34.0 Å². The number of halogens is 2. The molecule has 0 unspecified atom stereocenters. The zero-order valence-corrected chi connectivity index (χ0v) is 34.8. The second-order valence-corrected chi connectivity index (χ2v) is 16.9. The van der Waals surface area contributed by atoms with Crippen LogP contribution in [0.3, 0.4) is 0 Å². The molecule has 9 aromatic carbocycles. The molecule has 0 atom stereocenters. The van der Waals surface area contributed by atoms with Crippen LogP contribution in [-0.4, -0.2) is 0 Å². The first-order chi connectivity index (χ1) is 30.1. The zero-order valence-electron chi connectivity index (χ0n) is 34.8. The molecule has 0 amide bonds. The SMILES string of the molecule is CC(C)c1ccc(N(c2ccc(F)cc2)c2ccc3cc4c(cc3c2)oc2ccc3oc5cc6cc(N(c7ccc(F)cc7)c7ccc(C(C)C)cc7)ccc6cc5c3c24)cc1. The Morgan fingerprint density at radius 1 is 0.339 bits per heavy atom. The average Bonchev–Trinajstić information content (AvgIpc) is 3.83. The molecule has 2 heterocycles. The summed E-state index contributed by atoms with van der Waals surface area (Å²) in [7, 11) is 0. The van der Waals surface area contributed by atoms with Gasteiger partial charge in [-0.15, -0.1) is 0 Å². The molecule has 62 heavy (non-hydrogen) atoms. The summed E-state index contributed by atoms with van der Waals surface area (Å²) in [5.41, 5.74) is 11.3. The second kappa shape index (κ2) is 14.6. The predicted octanol–water partition coefficient (Wildman–Crippen LogP) is 17.3. The van der Waals surface area contributed by atoms with Gasteiger partial charge in [0, 0.05) is 55.7 Å². The molecule has 11 rings (SSSR count). The number of furan rings is 2. The molecule has 0 radical (unpaired) electrons. The second-order valence-electron chi connectivity index (χ2n) is 16.9. The molecule has 0 aliphatic carbocycles. The lowest BCUT2D eigenvalue weighted by molar-refractivity contribution is 0.627. The maximum atomic E-state index is 14.1. The highest BCUT2D eigenvalue weighted by Gasteiger charge is 2.20. The molecule has 0 aliphatic rings. The fourth-order valence-electron chi connectivity index (χ4n) is 8.96. The van der Waals surface area contributed by atoms with Gasteiger partial charge >= 0.3 is 0 Å². The minimum Gasteiger partial charge on any atom is -0.456 e. The standard InChI is InChI=1S/C56H42F2N2O2/c1-33(2)35-5-15-43(16-6-35)59(45-21-11-41(57)12-22-45)47-19-9-37-29-49-53(31-39(37)27-47)61-51-25-26-52-56(55(49)51)50-30-38-10-20-48(28-40(38)32-54(50)62-52)60(46-23-13-42(58)14-24-46)44-17-7-36(8-18-44)34(3)4/h5-34H,1-4H3. The fraction of sp³-hybridized carbons (Fsp3) is 0.107. The monoisotopic (exact) mass is 812 g/mol. The van der Waals surface area contributed by atoms with Gasteiger partial charge in [0.25, 0.3) is 0 Å².